The second-order valence-corrected chi connectivity index (χ2v) is 8.02. The molecule has 1 amide bonds. The minimum Gasteiger partial charge on any atom is -0.406 e. The number of halogens is 3. The van der Waals surface area contributed by atoms with Gasteiger partial charge in [0.15, 0.2) is 0 Å². The zero-order valence-corrected chi connectivity index (χ0v) is 18.0. The second kappa shape index (κ2) is 10.1. The number of aromatic nitrogens is 2. The third kappa shape index (κ3) is 6.58. The van der Waals surface area contributed by atoms with Gasteiger partial charge in [0.05, 0.1) is 17.4 Å². The van der Waals surface area contributed by atoms with E-state index in [4.69, 9.17) is 0 Å². The van der Waals surface area contributed by atoms with Crippen molar-refractivity contribution in [2.24, 2.45) is 0 Å². The number of amides is 1. The lowest BCUT2D eigenvalue weighted by molar-refractivity contribution is -0.274. The zero-order chi connectivity index (χ0) is 23.3. The lowest BCUT2D eigenvalue weighted by atomic mass is 9.99. The van der Waals surface area contributed by atoms with E-state index in [1.807, 2.05) is 18.2 Å². The number of benzene rings is 2. The summed E-state index contributed by atoms with van der Waals surface area (Å²) in [7, 11) is 0. The molecule has 33 heavy (non-hydrogen) atoms. The number of fused-ring (bicyclic) bond motifs is 2. The van der Waals surface area contributed by atoms with Crippen molar-refractivity contribution in [3.8, 4) is 5.75 Å². The number of ether oxygens (including phenoxy) is 1. The van der Waals surface area contributed by atoms with Crippen LogP contribution in [0.2, 0.25) is 0 Å². The summed E-state index contributed by atoms with van der Waals surface area (Å²) in [4.78, 5) is 21.5. The summed E-state index contributed by atoms with van der Waals surface area (Å²) in [5, 5.41) is 2.89. The van der Waals surface area contributed by atoms with Gasteiger partial charge in [0.1, 0.15) is 5.75 Å². The molecule has 4 rings (SSSR count). The summed E-state index contributed by atoms with van der Waals surface area (Å²) in [6, 6.07) is 10.3. The molecule has 0 bridgehead atoms. The number of imidazole rings is 1. The molecule has 1 aromatic heterocycles. The molecule has 174 valence electrons. The Morgan fingerprint density at radius 2 is 2.06 bits per heavy atom. The molecule has 2 aromatic carbocycles. The van der Waals surface area contributed by atoms with Crippen molar-refractivity contribution >= 4 is 23.0 Å². The molecule has 2 N–H and O–H groups in total. The predicted octanol–water partition coefficient (Wildman–Crippen LogP) is 4.43. The Labute approximate surface area is 189 Å². The number of unbranched alkanes of at least 4 members (excludes halogenated alkanes) is 1. The zero-order valence-electron chi connectivity index (χ0n) is 18.0. The van der Waals surface area contributed by atoms with Gasteiger partial charge in [-0.1, -0.05) is 12.1 Å². The van der Waals surface area contributed by atoms with Gasteiger partial charge in [-0.15, -0.1) is 13.2 Å². The van der Waals surface area contributed by atoms with Gasteiger partial charge >= 0.3 is 6.36 Å². The molecule has 0 aliphatic carbocycles. The van der Waals surface area contributed by atoms with E-state index in [1.54, 1.807) is 18.5 Å². The predicted molar refractivity (Wildman–Crippen MR) is 119 cm³/mol. The maximum absolute atomic E-state index is 12.4. The monoisotopic (exact) mass is 458 g/mol. The van der Waals surface area contributed by atoms with Crippen molar-refractivity contribution in [2.75, 3.05) is 19.6 Å². The van der Waals surface area contributed by atoms with Gasteiger partial charge in [0.2, 0.25) is 5.91 Å². The standard InChI is InChI=1S/C24H25F3N4O2/c25-24(26,27)33-20-6-5-19-15-31(12-9-18(19)14-20)11-2-1-10-28-23(32)8-4-17-3-7-21-22(13-17)30-16-29-21/h3-8,13-14,16H,1-2,9-12,15H2,(H,28,32)(H,29,30). The normalized spacial score (nSPS) is 14.5. The van der Waals surface area contributed by atoms with E-state index >= 15 is 0 Å². The Morgan fingerprint density at radius 3 is 2.91 bits per heavy atom. The summed E-state index contributed by atoms with van der Waals surface area (Å²) in [5.74, 6) is -0.301. The molecule has 6 nitrogen and oxygen atoms in total. The van der Waals surface area contributed by atoms with Crippen LogP contribution in [-0.2, 0) is 17.8 Å². The summed E-state index contributed by atoms with van der Waals surface area (Å²) < 4.78 is 41.2. The minimum absolute atomic E-state index is 0.136. The highest BCUT2D eigenvalue weighted by atomic mass is 19.4. The number of nitrogens with one attached hydrogen (secondary N) is 2. The van der Waals surface area contributed by atoms with Crippen molar-refractivity contribution < 1.29 is 22.7 Å². The van der Waals surface area contributed by atoms with E-state index in [1.165, 1.54) is 18.2 Å². The van der Waals surface area contributed by atoms with Crippen molar-refractivity contribution in [1.82, 2.24) is 20.2 Å². The Kier molecular flexibility index (Phi) is 6.98. The fraction of sp³-hybridized carbons (Fsp3) is 0.333. The summed E-state index contributed by atoms with van der Waals surface area (Å²) in [6.45, 7) is 2.96. The third-order valence-corrected chi connectivity index (χ3v) is 5.57. The third-order valence-electron chi connectivity index (χ3n) is 5.57. The van der Waals surface area contributed by atoms with Crippen molar-refractivity contribution in [2.45, 2.75) is 32.2 Å². The quantitative estimate of drug-likeness (QED) is 0.387. The van der Waals surface area contributed by atoms with E-state index in [0.717, 1.165) is 53.7 Å². The molecular weight excluding hydrogens is 433 g/mol. The van der Waals surface area contributed by atoms with Crippen LogP contribution >= 0.6 is 0 Å². The summed E-state index contributed by atoms with van der Waals surface area (Å²) in [5.41, 5.74) is 4.66. The molecule has 0 atom stereocenters. The van der Waals surface area contributed by atoms with Gasteiger partial charge in [-0.05, 0) is 72.8 Å². The summed E-state index contributed by atoms with van der Waals surface area (Å²) in [6.07, 6.45) is 2.72. The SMILES string of the molecule is O=C(C=Cc1ccc2nc[nH]c2c1)NCCCCN1CCc2cc(OC(F)(F)F)ccc2C1. The van der Waals surface area contributed by atoms with Crippen LogP contribution in [0.25, 0.3) is 17.1 Å². The number of aromatic amines is 1. The van der Waals surface area contributed by atoms with E-state index in [-0.39, 0.29) is 11.7 Å². The number of rotatable bonds is 8. The molecule has 0 radical (unpaired) electrons. The van der Waals surface area contributed by atoms with E-state index in [2.05, 4.69) is 24.9 Å². The van der Waals surface area contributed by atoms with Crippen LogP contribution in [0.3, 0.4) is 0 Å². The van der Waals surface area contributed by atoms with Gasteiger partial charge in [0, 0.05) is 25.7 Å². The van der Waals surface area contributed by atoms with Gasteiger partial charge in [-0.3, -0.25) is 9.69 Å². The fourth-order valence-electron chi connectivity index (χ4n) is 3.94. The topological polar surface area (TPSA) is 70.2 Å². The van der Waals surface area contributed by atoms with Crippen molar-refractivity contribution in [3.63, 3.8) is 0 Å². The largest absolute Gasteiger partial charge is 0.573 e. The van der Waals surface area contributed by atoms with Gasteiger partial charge in [0.25, 0.3) is 0 Å². The van der Waals surface area contributed by atoms with Crippen LogP contribution in [0.15, 0.2) is 48.8 Å². The van der Waals surface area contributed by atoms with Crippen LogP contribution in [0.4, 0.5) is 13.2 Å². The van der Waals surface area contributed by atoms with Crippen LogP contribution < -0.4 is 10.1 Å². The first-order valence-corrected chi connectivity index (χ1v) is 10.8. The van der Waals surface area contributed by atoms with Gasteiger partial charge in [-0.2, -0.15) is 0 Å². The van der Waals surface area contributed by atoms with E-state index in [0.29, 0.717) is 19.5 Å². The highest BCUT2D eigenvalue weighted by molar-refractivity contribution is 5.92. The van der Waals surface area contributed by atoms with Gasteiger partial charge in [-0.25, -0.2) is 4.98 Å². The summed E-state index contributed by atoms with van der Waals surface area (Å²) >= 11 is 0. The Morgan fingerprint density at radius 1 is 1.18 bits per heavy atom. The molecule has 0 unspecified atom stereocenters. The lowest BCUT2D eigenvalue weighted by Gasteiger charge is -2.29. The first-order chi connectivity index (χ1) is 15.9. The Bertz CT molecular complexity index is 1140. The number of carbonyl (C=O) groups excluding carboxylic acids is 1. The molecule has 0 saturated heterocycles. The smallest absolute Gasteiger partial charge is 0.406 e. The molecular formula is C24H25F3N4O2. The molecule has 2 heterocycles. The van der Waals surface area contributed by atoms with Crippen molar-refractivity contribution in [3.05, 3.63) is 65.5 Å². The molecule has 1 aliphatic rings. The first kappa shape index (κ1) is 22.8. The number of hydrogen-bond donors (Lipinski definition) is 2. The Balaban J connectivity index is 1.15. The maximum Gasteiger partial charge on any atom is 0.573 e. The van der Waals surface area contributed by atoms with E-state index < -0.39 is 6.36 Å². The first-order valence-electron chi connectivity index (χ1n) is 10.8. The molecule has 3 aromatic rings. The van der Waals surface area contributed by atoms with Gasteiger partial charge < -0.3 is 15.0 Å². The average molecular weight is 458 g/mol. The van der Waals surface area contributed by atoms with Crippen LogP contribution in [-0.4, -0.2) is 46.8 Å². The average Bonchev–Trinajstić information content (AvgIpc) is 3.24. The fourth-order valence-corrected chi connectivity index (χ4v) is 3.94. The van der Waals surface area contributed by atoms with E-state index in [9.17, 15) is 18.0 Å². The highest BCUT2D eigenvalue weighted by Gasteiger charge is 2.31. The molecule has 0 saturated carbocycles. The molecule has 0 spiro atoms. The molecule has 9 heteroatoms. The van der Waals surface area contributed by atoms with Crippen molar-refractivity contribution in [1.29, 1.82) is 0 Å². The number of hydrogen-bond acceptors (Lipinski definition) is 4. The number of H-pyrrole nitrogens is 1. The van der Waals surface area contributed by atoms with Crippen LogP contribution in [0.5, 0.6) is 5.75 Å². The lowest BCUT2D eigenvalue weighted by Crippen LogP contribution is -2.32. The highest BCUT2D eigenvalue weighted by Crippen LogP contribution is 2.28. The number of alkyl halides is 3. The number of carbonyl (C=O) groups is 1. The van der Waals surface area contributed by atoms with Crippen LogP contribution in [0, 0.1) is 0 Å². The second-order valence-electron chi connectivity index (χ2n) is 8.02. The molecule has 0 fully saturated rings. The Hall–Kier alpha value is -3.33. The molecule has 1 aliphatic heterocycles. The number of nitrogens with zero attached hydrogens (tertiary/aromatic N) is 2. The minimum atomic E-state index is -4.67. The van der Waals surface area contributed by atoms with Crippen LogP contribution in [0.1, 0.15) is 29.5 Å². The maximum atomic E-state index is 12.4.